The molecule has 4 rings (SSSR count). The van der Waals surface area contributed by atoms with Crippen LogP contribution in [-0.4, -0.2) is 48.0 Å². The van der Waals surface area contributed by atoms with Crippen LogP contribution in [0.3, 0.4) is 0 Å². The van der Waals surface area contributed by atoms with Crippen LogP contribution in [0.5, 0.6) is 0 Å². The van der Waals surface area contributed by atoms with Crippen LogP contribution in [-0.2, 0) is 0 Å². The Labute approximate surface area is 176 Å². The number of hydrogen-bond acceptors (Lipinski definition) is 7. The number of aromatic amines is 1. The van der Waals surface area contributed by atoms with Crippen LogP contribution in [0.25, 0.3) is 16.9 Å². The second-order valence-electron chi connectivity index (χ2n) is 6.51. The van der Waals surface area contributed by atoms with E-state index in [-0.39, 0.29) is 11.8 Å². The molecular formula is C20H19N11. The van der Waals surface area contributed by atoms with E-state index in [1.54, 1.807) is 18.5 Å². The number of hydrogen-bond donors (Lipinski definition) is 3. The van der Waals surface area contributed by atoms with Crippen LogP contribution < -0.4 is 0 Å². The van der Waals surface area contributed by atoms with Crippen molar-refractivity contribution < 1.29 is 0 Å². The molecule has 0 spiro atoms. The molecule has 0 aliphatic carbocycles. The van der Waals surface area contributed by atoms with Gasteiger partial charge in [-0.05, 0) is 13.8 Å². The van der Waals surface area contributed by atoms with Gasteiger partial charge in [-0.15, -0.1) is 15.3 Å². The number of nitrogens with one attached hydrogen (secondary N) is 3. The van der Waals surface area contributed by atoms with Crippen molar-refractivity contribution in [3.8, 4) is 11.3 Å². The van der Waals surface area contributed by atoms with Crippen molar-refractivity contribution in [1.82, 2.24) is 29.6 Å². The van der Waals surface area contributed by atoms with Gasteiger partial charge >= 0.3 is 0 Å². The molecule has 0 bridgehead atoms. The number of allylic oxidation sites excluding steroid dienone is 1. The molecule has 11 nitrogen and oxygen atoms in total. The highest BCUT2D eigenvalue weighted by Gasteiger charge is 2.19. The van der Waals surface area contributed by atoms with Gasteiger partial charge in [-0.25, -0.2) is 9.98 Å². The van der Waals surface area contributed by atoms with E-state index in [2.05, 4.69) is 42.1 Å². The summed E-state index contributed by atoms with van der Waals surface area (Å²) in [4.78, 5) is 8.40. The van der Waals surface area contributed by atoms with Gasteiger partial charge < -0.3 is 5.41 Å². The van der Waals surface area contributed by atoms with Crippen LogP contribution in [0, 0.1) is 24.7 Å². The molecule has 154 valence electrons. The largest absolute Gasteiger partial charge is 0.308 e. The molecule has 3 heterocycles. The smallest absolute Gasteiger partial charge is 0.245 e. The zero-order valence-corrected chi connectivity index (χ0v) is 16.9. The fourth-order valence-electron chi connectivity index (χ4n) is 3.03. The summed E-state index contributed by atoms with van der Waals surface area (Å²) < 4.78 is 2.77. The van der Waals surface area contributed by atoms with Gasteiger partial charge in [-0.2, -0.15) is 14.4 Å². The van der Waals surface area contributed by atoms with Gasteiger partial charge in [0.1, 0.15) is 5.82 Å². The topological polar surface area (TPSA) is 149 Å². The molecule has 0 unspecified atom stereocenters. The summed E-state index contributed by atoms with van der Waals surface area (Å²) in [7, 11) is 0. The maximum absolute atomic E-state index is 8.17. The van der Waals surface area contributed by atoms with E-state index in [1.165, 1.54) is 17.0 Å². The van der Waals surface area contributed by atoms with Crippen molar-refractivity contribution in [2.45, 2.75) is 13.8 Å². The monoisotopic (exact) mass is 413 g/mol. The Kier molecular flexibility index (Phi) is 5.14. The van der Waals surface area contributed by atoms with E-state index >= 15 is 0 Å². The normalized spacial score (nSPS) is 11.7. The molecule has 31 heavy (non-hydrogen) atoms. The first-order valence-electron chi connectivity index (χ1n) is 9.30. The molecule has 0 saturated heterocycles. The fourth-order valence-corrected chi connectivity index (χ4v) is 3.03. The van der Waals surface area contributed by atoms with E-state index in [9.17, 15) is 0 Å². The Morgan fingerprint density at radius 3 is 2.65 bits per heavy atom. The van der Waals surface area contributed by atoms with Gasteiger partial charge in [0.25, 0.3) is 0 Å². The second-order valence-corrected chi connectivity index (χ2v) is 6.51. The van der Waals surface area contributed by atoms with Gasteiger partial charge in [0.15, 0.2) is 11.5 Å². The first kappa shape index (κ1) is 19.8. The third-order valence-corrected chi connectivity index (χ3v) is 4.42. The lowest BCUT2D eigenvalue weighted by Gasteiger charge is -2.01. The van der Waals surface area contributed by atoms with Gasteiger partial charge in [0, 0.05) is 18.0 Å². The van der Waals surface area contributed by atoms with Crippen LogP contribution >= 0.6 is 0 Å². The lowest BCUT2D eigenvalue weighted by molar-refractivity contribution is 0.809. The predicted molar refractivity (Wildman–Crippen MR) is 118 cm³/mol. The van der Waals surface area contributed by atoms with Crippen molar-refractivity contribution in [3.05, 3.63) is 60.1 Å². The van der Waals surface area contributed by atoms with Gasteiger partial charge in [-0.1, -0.05) is 43.0 Å². The Morgan fingerprint density at radius 1 is 1.16 bits per heavy atom. The molecule has 0 fully saturated rings. The zero-order valence-electron chi connectivity index (χ0n) is 16.9. The molecule has 0 saturated carbocycles. The van der Waals surface area contributed by atoms with E-state index < -0.39 is 0 Å². The minimum absolute atomic E-state index is 0.175. The SMILES string of the molecule is C=CC=NC(=N)n1nc(C)c(C=N)c1N=Nc1c(-c2ccccc2)[nH]n2nc(C)nc12. The number of nitrogens with zero attached hydrogens (tertiary/aromatic N) is 8. The molecule has 0 atom stereocenters. The Morgan fingerprint density at radius 2 is 1.94 bits per heavy atom. The minimum Gasteiger partial charge on any atom is -0.308 e. The summed E-state index contributed by atoms with van der Waals surface area (Å²) in [5.74, 6) is 0.628. The van der Waals surface area contributed by atoms with Crippen molar-refractivity contribution >= 4 is 35.5 Å². The first-order valence-corrected chi connectivity index (χ1v) is 9.30. The third-order valence-electron chi connectivity index (χ3n) is 4.42. The Bertz CT molecular complexity index is 1350. The Hall–Kier alpha value is -4.54. The average Bonchev–Trinajstić information content (AvgIpc) is 3.40. The van der Waals surface area contributed by atoms with Crippen molar-refractivity contribution in [3.63, 3.8) is 0 Å². The maximum Gasteiger partial charge on any atom is 0.245 e. The van der Waals surface area contributed by atoms with Crippen LogP contribution in [0.15, 0.2) is 58.2 Å². The van der Waals surface area contributed by atoms with E-state index in [1.807, 2.05) is 30.3 Å². The molecule has 1 aromatic carbocycles. The number of fused-ring (bicyclic) bond motifs is 1. The lowest BCUT2D eigenvalue weighted by atomic mass is 10.1. The number of benzene rings is 1. The molecule has 4 aromatic rings. The summed E-state index contributed by atoms with van der Waals surface area (Å²) in [5.41, 5.74) is 3.55. The number of aromatic nitrogens is 6. The fraction of sp³-hybridized carbons (Fsp3) is 0.100. The van der Waals surface area contributed by atoms with E-state index in [0.29, 0.717) is 34.1 Å². The van der Waals surface area contributed by atoms with Crippen molar-refractivity contribution in [1.29, 1.82) is 10.8 Å². The standard InChI is InChI=1S/C20H19N11/c1-4-10-23-20(22)30-18(15(11-21)12(2)27-30)26-25-17-16(14-8-6-5-7-9-14)29-31-19(17)24-13(3)28-31/h4-11,21-22,29H,1H2,2-3H3. The summed E-state index contributed by atoms with van der Waals surface area (Å²) >= 11 is 0. The summed E-state index contributed by atoms with van der Waals surface area (Å²) in [5, 5.41) is 36.5. The molecule has 11 heteroatoms. The van der Waals surface area contributed by atoms with Gasteiger partial charge in [0.2, 0.25) is 11.6 Å². The third kappa shape index (κ3) is 3.59. The zero-order chi connectivity index (χ0) is 22.0. The number of rotatable bonds is 5. The van der Waals surface area contributed by atoms with Crippen LogP contribution in [0.2, 0.25) is 0 Å². The quantitative estimate of drug-likeness (QED) is 0.258. The highest BCUT2D eigenvalue weighted by Crippen LogP contribution is 2.34. The highest BCUT2D eigenvalue weighted by atomic mass is 15.5. The van der Waals surface area contributed by atoms with Crippen LogP contribution in [0.4, 0.5) is 11.5 Å². The molecular weight excluding hydrogens is 394 g/mol. The average molecular weight is 413 g/mol. The number of aryl methyl sites for hydroxylation is 2. The van der Waals surface area contributed by atoms with Crippen LogP contribution in [0.1, 0.15) is 17.1 Å². The van der Waals surface area contributed by atoms with E-state index in [0.717, 1.165) is 11.8 Å². The summed E-state index contributed by atoms with van der Waals surface area (Å²) in [6.07, 6.45) is 3.97. The molecule has 3 N–H and O–H groups in total. The highest BCUT2D eigenvalue weighted by molar-refractivity contribution is 5.94. The Balaban J connectivity index is 1.88. The van der Waals surface area contributed by atoms with Crippen molar-refractivity contribution in [2.75, 3.05) is 0 Å². The number of aliphatic imine (C=N–C) groups is 1. The molecule has 0 radical (unpaired) electrons. The summed E-state index contributed by atoms with van der Waals surface area (Å²) in [6, 6.07) is 9.64. The number of H-pyrrole nitrogens is 1. The first-order chi connectivity index (χ1) is 15.0. The molecule has 0 amide bonds. The second kappa shape index (κ2) is 8.06. The van der Waals surface area contributed by atoms with Crippen molar-refractivity contribution in [2.24, 2.45) is 15.2 Å². The van der Waals surface area contributed by atoms with Gasteiger partial charge in [0.05, 0.1) is 17.0 Å². The molecule has 3 aromatic heterocycles. The maximum atomic E-state index is 8.17. The van der Waals surface area contributed by atoms with E-state index in [4.69, 9.17) is 10.8 Å². The number of azo groups is 1. The summed E-state index contributed by atoms with van der Waals surface area (Å²) in [6.45, 7) is 7.07. The minimum atomic E-state index is -0.175. The van der Waals surface area contributed by atoms with Gasteiger partial charge in [-0.3, -0.25) is 10.5 Å². The molecule has 0 aliphatic heterocycles. The lowest BCUT2D eigenvalue weighted by Crippen LogP contribution is -2.09. The predicted octanol–water partition coefficient (Wildman–Crippen LogP) is 3.99. The molecule has 0 aliphatic rings.